The Morgan fingerprint density at radius 2 is 2.05 bits per heavy atom. The van der Waals surface area contributed by atoms with E-state index in [9.17, 15) is 13.2 Å². The fourth-order valence-corrected chi connectivity index (χ4v) is 2.44. The summed E-state index contributed by atoms with van der Waals surface area (Å²) in [6.07, 6.45) is 0.580. The average molecular weight is 323 g/mol. The third-order valence-corrected chi connectivity index (χ3v) is 3.69. The Bertz CT molecular complexity index is 569. The van der Waals surface area contributed by atoms with Crippen LogP contribution >= 0.6 is 10.7 Å². The van der Waals surface area contributed by atoms with Gasteiger partial charge in [0.25, 0.3) is 9.05 Å². The first kappa shape index (κ1) is 16.7. The molecule has 0 bridgehead atoms. The van der Waals surface area contributed by atoms with Gasteiger partial charge in [-0.1, -0.05) is 0 Å². The summed E-state index contributed by atoms with van der Waals surface area (Å²) in [6, 6.07) is 3.51. The Balaban J connectivity index is 2.87. The number of aromatic carboxylic acids is 1. The molecule has 0 saturated carbocycles. The third-order valence-electron chi connectivity index (χ3n) is 2.35. The highest BCUT2D eigenvalue weighted by Gasteiger charge is 2.19. The fourth-order valence-electron chi connectivity index (χ4n) is 1.44. The first-order valence-corrected chi connectivity index (χ1v) is 8.19. The van der Waals surface area contributed by atoms with Crippen LogP contribution in [0, 0.1) is 0 Å². The maximum atomic E-state index is 11.4. The molecule has 0 spiro atoms. The predicted molar refractivity (Wildman–Crippen MR) is 73.0 cm³/mol. The lowest BCUT2D eigenvalue weighted by Gasteiger charge is -2.10. The summed E-state index contributed by atoms with van der Waals surface area (Å²) < 4.78 is 33.3. The highest BCUT2D eigenvalue weighted by atomic mass is 35.7. The van der Waals surface area contributed by atoms with Gasteiger partial charge in [0.05, 0.1) is 12.2 Å². The summed E-state index contributed by atoms with van der Waals surface area (Å²) in [5.41, 5.74) is -0.175. The molecule has 8 heteroatoms. The molecule has 0 aliphatic carbocycles. The number of rotatable bonds is 8. The normalized spacial score (nSPS) is 11.3. The lowest BCUT2D eigenvalue weighted by Crippen LogP contribution is -2.07. The summed E-state index contributed by atoms with van der Waals surface area (Å²) in [6.45, 7) is 3.19. The molecule has 112 valence electrons. The Morgan fingerprint density at radius 3 is 2.60 bits per heavy atom. The molecule has 0 saturated heterocycles. The zero-order valence-electron chi connectivity index (χ0n) is 10.8. The summed E-state index contributed by atoms with van der Waals surface area (Å²) in [7, 11) is 1.19. The minimum absolute atomic E-state index is 0.0292. The molecule has 1 aromatic rings. The first-order chi connectivity index (χ1) is 9.36. The van der Waals surface area contributed by atoms with Gasteiger partial charge in [-0.3, -0.25) is 0 Å². The zero-order valence-corrected chi connectivity index (χ0v) is 12.4. The number of benzene rings is 1. The molecule has 0 unspecified atom stereocenters. The number of halogens is 1. The van der Waals surface area contributed by atoms with Crippen molar-refractivity contribution in [3.8, 4) is 5.75 Å². The first-order valence-electron chi connectivity index (χ1n) is 5.88. The van der Waals surface area contributed by atoms with Gasteiger partial charge in [-0.15, -0.1) is 0 Å². The van der Waals surface area contributed by atoms with Crippen molar-refractivity contribution >= 4 is 25.7 Å². The molecule has 0 aromatic heterocycles. The van der Waals surface area contributed by atoms with Gasteiger partial charge in [0.1, 0.15) is 10.6 Å². The molecule has 1 rings (SSSR count). The molecule has 0 radical (unpaired) electrons. The highest BCUT2D eigenvalue weighted by Crippen LogP contribution is 2.28. The van der Waals surface area contributed by atoms with E-state index < -0.39 is 15.0 Å². The molecule has 0 amide bonds. The van der Waals surface area contributed by atoms with Gasteiger partial charge in [-0.05, 0) is 25.1 Å². The Labute approximate surface area is 121 Å². The standard InChI is InChI=1S/C12H15ClO6S/c1-2-18-6-3-7-19-10-5-4-9(12(14)15)8-11(10)20(13,16)17/h4-5,8H,2-3,6-7H2,1H3,(H,14,15). The van der Waals surface area contributed by atoms with E-state index in [0.29, 0.717) is 19.6 Å². The quantitative estimate of drug-likeness (QED) is 0.582. The van der Waals surface area contributed by atoms with Gasteiger partial charge in [0.2, 0.25) is 0 Å². The van der Waals surface area contributed by atoms with Gasteiger partial charge in [-0.2, -0.15) is 0 Å². The summed E-state index contributed by atoms with van der Waals surface area (Å²) in [4.78, 5) is 10.5. The van der Waals surface area contributed by atoms with Crippen molar-refractivity contribution in [1.82, 2.24) is 0 Å². The van der Waals surface area contributed by atoms with Crippen LogP contribution in [0.2, 0.25) is 0 Å². The van der Waals surface area contributed by atoms with E-state index in [2.05, 4.69) is 0 Å². The van der Waals surface area contributed by atoms with E-state index >= 15 is 0 Å². The molecule has 0 aliphatic heterocycles. The molecular formula is C12H15ClO6S. The second-order valence-electron chi connectivity index (χ2n) is 3.80. The molecule has 1 N–H and O–H groups in total. The second kappa shape index (κ2) is 7.47. The molecule has 6 nitrogen and oxygen atoms in total. The van der Waals surface area contributed by atoms with Crippen molar-refractivity contribution in [3.63, 3.8) is 0 Å². The molecule has 1 aromatic carbocycles. The van der Waals surface area contributed by atoms with Crippen LogP contribution in [-0.4, -0.2) is 39.3 Å². The van der Waals surface area contributed by atoms with Crippen molar-refractivity contribution in [2.24, 2.45) is 0 Å². The number of hydrogen-bond donors (Lipinski definition) is 1. The Hall–Kier alpha value is -1.31. The van der Waals surface area contributed by atoms with Crippen LogP contribution in [0.25, 0.3) is 0 Å². The number of carbonyl (C=O) groups is 1. The molecule has 0 atom stereocenters. The third kappa shape index (κ3) is 4.99. The average Bonchev–Trinajstić information content (AvgIpc) is 2.37. The van der Waals surface area contributed by atoms with E-state index in [0.717, 1.165) is 6.07 Å². The number of ether oxygens (including phenoxy) is 2. The molecule has 0 fully saturated rings. The lowest BCUT2D eigenvalue weighted by atomic mass is 10.2. The van der Waals surface area contributed by atoms with Crippen LogP contribution in [0.5, 0.6) is 5.75 Å². The van der Waals surface area contributed by atoms with Crippen LogP contribution < -0.4 is 4.74 Å². The highest BCUT2D eigenvalue weighted by molar-refractivity contribution is 8.13. The monoisotopic (exact) mass is 322 g/mol. The SMILES string of the molecule is CCOCCCOc1ccc(C(=O)O)cc1S(=O)(=O)Cl. The smallest absolute Gasteiger partial charge is 0.335 e. The van der Waals surface area contributed by atoms with Crippen LogP contribution in [-0.2, 0) is 13.8 Å². The maximum Gasteiger partial charge on any atom is 0.335 e. The lowest BCUT2D eigenvalue weighted by molar-refractivity contribution is 0.0696. The maximum absolute atomic E-state index is 11.4. The van der Waals surface area contributed by atoms with E-state index in [4.69, 9.17) is 25.3 Å². The second-order valence-corrected chi connectivity index (χ2v) is 6.34. The minimum atomic E-state index is -4.08. The van der Waals surface area contributed by atoms with Crippen molar-refractivity contribution in [1.29, 1.82) is 0 Å². The van der Waals surface area contributed by atoms with Gasteiger partial charge in [-0.25, -0.2) is 13.2 Å². The Morgan fingerprint density at radius 1 is 1.35 bits per heavy atom. The topological polar surface area (TPSA) is 89.9 Å². The summed E-state index contributed by atoms with van der Waals surface area (Å²) in [5.74, 6) is -1.21. The molecule has 0 heterocycles. The van der Waals surface area contributed by atoms with E-state index in [1.54, 1.807) is 0 Å². The number of hydrogen-bond acceptors (Lipinski definition) is 5. The van der Waals surface area contributed by atoms with Gasteiger partial charge in [0.15, 0.2) is 0 Å². The van der Waals surface area contributed by atoms with Crippen LogP contribution in [0.15, 0.2) is 23.1 Å². The Kier molecular flexibility index (Phi) is 6.25. The minimum Gasteiger partial charge on any atom is -0.492 e. The summed E-state index contributed by atoms with van der Waals surface area (Å²) in [5, 5.41) is 8.84. The number of carboxylic acids is 1. The van der Waals surface area contributed by atoms with Crippen LogP contribution in [0.3, 0.4) is 0 Å². The van der Waals surface area contributed by atoms with E-state index in [1.165, 1.54) is 12.1 Å². The summed E-state index contributed by atoms with van der Waals surface area (Å²) >= 11 is 0. The molecule has 20 heavy (non-hydrogen) atoms. The predicted octanol–water partition coefficient (Wildman–Crippen LogP) is 2.12. The molecule has 0 aliphatic rings. The van der Waals surface area contributed by atoms with Gasteiger partial charge >= 0.3 is 5.97 Å². The largest absolute Gasteiger partial charge is 0.492 e. The van der Waals surface area contributed by atoms with E-state index in [-0.39, 0.29) is 22.8 Å². The number of carboxylic acid groups (broad SMARTS) is 1. The van der Waals surface area contributed by atoms with Crippen molar-refractivity contribution in [3.05, 3.63) is 23.8 Å². The van der Waals surface area contributed by atoms with E-state index in [1.807, 2.05) is 6.92 Å². The van der Waals surface area contributed by atoms with Crippen molar-refractivity contribution in [2.75, 3.05) is 19.8 Å². The van der Waals surface area contributed by atoms with Gasteiger partial charge in [0, 0.05) is 30.3 Å². The van der Waals surface area contributed by atoms with Gasteiger partial charge < -0.3 is 14.6 Å². The fraction of sp³-hybridized carbons (Fsp3) is 0.417. The zero-order chi connectivity index (χ0) is 15.2. The van der Waals surface area contributed by atoms with Crippen molar-refractivity contribution in [2.45, 2.75) is 18.2 Å². The van der Waals surface area contributed by atoms with Crippen LogP contribution in [0.1, 0.15) is 23.7 Å². The molecular weight excluding hydrogens is 308 g/mol. The van der Waals surface area contributed by atoms with Crippen LogP contribution in [0.4, 0.5) is 0 Å². The van der Waals surface area contributed by atoms with Crippen molar-refractivity contribution < 1.29 is 27.8 Å².